The number of anilines is 2. The van der Waals surface area contributed by atoms with Gasteiger partial charge in [0.1, 0.15) is 10.7 Å². The molecule has 0 spiro atoms. The third-order valence-corrected chi connectivity index (χ3v) is 3.96. The van der Waals surface area contributed by atoms with E-state index in [1.165, 1.54) is 12.1 Å². The Morgan fingerprint density at radius 1 is 1.25 bits per heavy atom. The van der Waals surface area contributed by atoms with Gasteiger partial charge >= 0.3 is 0 Å². The summed E-state index contributed by atoms with van der Waals surface area (Å²) in [7, 11) is -2.24. The van der Waals surface area contributed by atoms with E-state index in [2.05, 4.69) is 20.0 Å². The van der Waals surface area contributed by atoms with Gasteiger partial charge < -0.3 is 5.32 Å². The summed E-state index contributed by atoms with van der Waals surface area (Å²) < 4.78 is 39.4. The van der Waals surface area contributed by atoms with Crippen LogP contribution in [0, 0.1) is 5.82 Å². The van der Waals surface area contributed by atoms with Crippen LogP contribution in [0.25, 0.3) is 0 Å². The normalized spacial score (nSPS) is 11.2. The number of nitrogens with zero attached hydrogens (tertiary/aromatic N) is 2. The van der Waals surface area contributed by atoms with Gasteiger partial charge in [-0.05, 0) is 18.2 Å². The maximum atomic E-state index is 13.0. The van der Waals surface area contributed by atoms with E-state index in [9.17, 15) is 12.8 Å². The maximum Gasteiger partial charge on any atom is 0.264 e. The van der Waals surface area contributed by atoms with Gasteiger partial charge in [-0.3, -0.25) is 4.72 Å². The Labute approximate surface area is 120 Å². The lowest BCUT2D eigenvalue weighted by atomic mass is 10.3. The lowest BCUT2D eigenvalue weighted by Crippen LogP contribution is -2.14. The molecule has 1 aromatic carbocycles. The molecule has 0 bridgehead atoms. The second-order valence-electron chi connectivity index (χ2n) is 3.73. The van der Waals surface area contributed by atoms with Gasteiger partial charge in [0, 0.05) is 7.05 Å². The first-order valence-corrected chi connectivity index (χ1v) is 7.26. The zero-order valence-electron chi connectivity index (χ0n) is 10.3. The fraction of sp³-hybridized carbons (Fsp3) is 0.0909. The van der Waals surface area contributed by atoms with Crippen molar-refractivity contribution >= 4 is 33.3 Å². The minimum atomic E-state index is -3.85. The number of nitrogens with one attached hydrogen (secondary N) is 2. The first-order valence-electron chi connectivity index (χ1n) is 5.40. The van der Waals surface area contributed by atoms with Crippen LogP contribution in [0.2, 0.25) is 5.02 Å². The summed E-state index contributed by atoms with van der Waals surface area (Å²) in [5.41, 5.74) is 0.147. The van der Waals surface area contributed by atoms with Crippen molar-refractivity contribution in [2.24, 2.45) is 0 Å². The van der Waals surface area contributed by atoms with Gasteiger partial charge in [-0.1, -0.05) is 11.6 Å². The smallest absolute Gasteiger partial charge is 0.264 e. The second kappa shape index (κ2) is 5.59. The molecule has 0 aliphatic rings. The molecule has 106 valence electrons. The molecular formula is C11H10ClFN4O2S. The largest absolute Gasteiger partial charge is 0.357 e. The summed E-state index contributed by atoms with van der Waals surface area (Å²) >= 11 is 5.59. The Morgan fingerprint density at radius 3 is 2.45 bits per heavy atom. The van der Waals surface area contributed by atoms with Crippen molar-refractivity contribution in [1.29, 1.82) is 0 Å². The number of sulfonamides is 1. The van der Waals surface area contributed by atoms with Crippen LogP contribution >= 0.6 is 11.6 Å². The van der Waals surface area contributed by atoms with Crippen molar-refractivity contribution in [3.05, 3.63) is 41.4 Å². The van der Waals surface area contributed by atoms with Gasteiger partial charge in [0.25, 0.3) is 10.0 Å². The van der Waals surface area contributed by atoms with Crippen molar-refractivity contribution in [3.8, 4) is 0 Å². The van der Waals surface area contributed by atoms with Gasteiger partial charge in [0.15, 0.2) is 0 Å². The lowest BCUT2D eigenvalue weighted by Gasteiger charge is -2.08. The summed E-state index contributed by atoms with van der Waals surface area (Å²) in [6, 6.07) is 3.51. The third kappa shape index (κ3) is 3.14. The van der Waals surface area contributed by atoms with Gasteiger partial charge in [0.2, 0.25) is 5.95 Å². The van der Waals surface area contributed by atoms with Crippen molar-refractivity contribution in [1.82, 2.24) is 9.97 Å². The molecule has 2 aromatic rings. The summed E-state index contributed by atoms with van der Waals surface area (Å²) in [4.78, 5) is 7.50. The van der Waals surface area contributed by atoms with Crippen molar-refractivity contribution < 1.29 is 12.8 Å². The highest BCUT2D eigenvalue weighted by molar-refractivity contribution is 7.92. The van der Waals surface area contributed by atoms with E-state index in [0.717, 1.165) is 18.5 Å². The van der Waals surface area contributed by atoms with E-state index in [1.807, 2.05) is 0 Å². The maximum absolute atomic E-state index is 13.0. The molecule has 0 saturated carbocycles. The molecule has 1 heterocycles. The molecule has 2 rings (SSSR count). The van der Waals surface area contributed by atoms with Crippen LogP contribution in [0.3, 0.4) is 0 Å². The standard InChI is InChI=1S/C11H10ClFN4O2S/c1-14-11-15-5-8(6-16-11)20(18,19)17-7-2-3-10(13)9(12)4-7/h2-6,17H,1H3,(H,14,15,16). The van der Waals surface area contributed by atoms with E-state index in [1.54, 1.807) is 7.05 Å². The number of rotatable bonds is 4. The molecule has 0 saturated heterocycles. The molecule has 1 aromatic heterocycles. The van der Waals surface area contributed by atoms with Gasteiger partial charge in [-0.2, -0.15) is 0 Å². The van der Waals surface area contributed by atoms with Crippen molar-refractivity contribution in [2.75, 3.05) is 17.1 Å². The number of aromatic nitrogens is 2. The zero-order chi connectivity index (χ0) is 14.8. The predicted octanol–water partition coefficient (Wildman–Crippen LogP) is 2.11. The molecule has 0 aliphatic heterocycles. The molecule has 0 radical (unpaired) electrons. The number of halogens is 2. The molecule has 0 atom stereocenters. The van der Waals surface area contributed by atoms with Gasteiger partial charge in [-0.25, -0.2) is 22.8 Å². The molecule has 2 N–H and O–H groups in total. The highest BCUT2D eigenvalue weighted by Gasteiger charge is 2.16. The fourth-order valence-corrected chi connectivity index (χ4v) is 2.48. The lowest BCUT2D eigenvalue weighted by molar-refractivity contribution is 0.600. The van der Waals surface area contributed by atoms with Crippen molar-refractivity contribution in [2.45, 2.75) is 4.90 Å². The monoisotopic (exact) mass is 316 g/mol. The minimum absolute atomic E-state index is 0.114. The Morgan fingerprint density at radius 2 is 1.90 bits per heavy atom. The number of hydrogen-bond donors (Lipinski definition) is 2. The Balaban J connectivity index is 2.27. The highest BCUT2D eigenvalue weighted by atomic mass is 35.5. The molecular weight excluding hydrogens is 307 g/mol. The van der Waals surface area contributed by atoms with Crippen LogP contribution in [0.4, 0.5) is 16.0 Å². The van der Waals surface area contributed by atoms with E-state index in [4.69, 9.17) is 11.6 Å². The van der Waals surface area contributed by atoms with E-state index < -0.39 is 15.8 Å². The Hall–Kier alpha value is -1.93. The highest BCUT2D eigenvalue weighted by Crippen LogP contribution is 2.21. The van der Waals surface area contributed by atoms with Crippen LogP contribution in [0.15, 0.2) is 35.5 Å². The Bertz CT molecular complexity index is 722. The van der Waals surface area contributed by atoms with Crippen LogP contribution in [-0.2, 0) is 10.0 Å². The summed E-state index contributed by atoms with van der Waals surface area (Å²) in [5, 5.41) is 2.50. The Kier molecular flexibility index (Phi) is 4.05. The molecule has 0 aliphatic carbocycles. The van der Waals surface area contributed by atoms with E-state index in [-0.39, 0.29) is 15.6 Å². The molecule has 9 heteroatoms. The first kappa shape index (κ1) is 14.5. The number of hydrogen-bond acceptors (Lipinski definition) is 5. The quantitative estimate of drug-likeness (QED) is 0.902. The predicted molar refractivity (Wildman–Crippen MR) is 73.8 cm³/mol. The molecule has 0 fully saturated rings. The van der Waals surface area contributed by atoms with Crippen LogP contribution < -0.4 is 10.0 Å². The summed E-state index contributed by atoms with van der Waals surface area (Å²) in [5.74, 6) is -0.329. The van der Waals surface area contributed by atoms with E-state index >= 15 is 0 Å². The zero-order valence-corrected chi connectivity index (χ0v) is 11.8. The van der Waals surface area contributed by atoms with Gasteiger partial charge in [-0.15, -0.1) is 0 Å². The second-order valence-corrected chi connectivity index (χ2v) is 5.82. The van der Waals surface area contributed by atoms with Crippen molar-refractivity contribution in [3.63, 3.8) is 0 Å². The molecule has 20 heavy (non-hydrogen) atoms. The molecule has 0 amide bonds. The average molecular weight is 317 g/mol. The fourth-order valence-electron chi connectivity index (χ4n) is 1.36. The summed E-state index contributed by atoms with van der Waals surface area (Å²) in [6.07, 6.45) is 2.32. The SMILES string of the molecule is CNc1ncc(S(=O)(=O)Nc2ccc(F)c(Cl)c2)cn1. The molecule has 6 nitrogen and oxygen atoms in total. The third-order valence-electron chi connectivity index (χ3n) is 2.33. The topological polar surface area (TPSA) is 84.0 Å². The van der Waals surface area contributed by atoms with E-state index in [0.29, 0.717) is 5.95 Å². The molecule has 0 unspecified atom stereocenters. The van der Waals surface area contributed by atoms with Crippen LogP contribution in [0.5, 0.6) is 0 Å². The first-order chi connectivity index (χ1) is 9.42. The van der Waals surface area contributed by atoms with Crippen LogP contribution in [-0.4, -0.2) is 25.4 Å². The average Bonchev–Trinajstić information content (AvgIpc) is 2.43. The minimum Gasteiger partial charge on any atom is -0.357 e. The van der Waals surface area contributed by atoms with Gasteiger partial charge in [0.05, 0.1) is 23.1 Å². The number of benzene rings is 1. The van der Waals surface area contributed by atoms with Crippen LogP contribution in [0.1, 0.15) is 0 Å². The summed E-state index contributed by atoms with van der Waals surface area (Å²) in [6.45, 7) is 0.